The Morgan fingerprint density at radius 2 is 1.88 bits per heavy atom. The van der Waals surface area contributed by atoms with Gasteiger partial charge in [0.2, 0.25) is 0 Å². The van der Waals surface area contributed by atoms with Crippen molar-refractivity contribution < 1.29 is 19.6 Å². The molecule has 5 nitrogen and oxygen atoms in total. The Kier molecular flexibility index (Phi) is 8.79. The normalized spacial score (nSPS) is 35.7. The van der Waals surface area contributed by atoms with E-state index in [9.17, 15) is 14.8 Å². The maximum absolute atomic E-state index is 12.7. The van der Waals surface area contributed by atoms with Crippen molar-refractivity contribution in [2.75, 3.05) is 5.32 Å². The third-order valence-corrected chi connectivity index (χ3v) is 12.0. The van der Waals surface area contributed by atoms with E-state index in [0.29, 0.717) is 16.6 Å². The van der Waals surface area contributed by atoms with Gasteiger partial charge in [-0.2, -0.15) is 0 Å². The van der Waals surface area contributed by atoms with E-state index in [1.807, 2.05) is 0 Å². The lowest BCUT2D eigenvalue weighted by molar-refractivity contribution is -0.0577. The highest BCUT2D eigenvalue weighted by atomic mass is 16.6. The molecule has 0 unspecified atom stereocenters. The highest BCUT2D eigenvalue weighted by molar-refractivity contribution is 6.58. The molecule has 0 bridgehead atoms. The predicted octanol–water partition coefficient (Wildman–Crippen LogP) is 7.32. The predicted molar refractivity (Wildman–Crippen MR) is 163 cm³/mol. The van der Waals surface area contributed by atoms with E-state index in [4.69, 9.17) is 4.74 Å². The Labute approximate surface area is 242 Å². The van der Waals surface area contributed by atoms with Gasteiger partial charge in [-0.3, -0.25) is 5.32 Å². The van der Waals surface area contributed by atoms with Crippen LogP contribution in [0.1, 0.15) is 105 Å². The molecule has 40 heavy (non-hydrogen) atoms. The minimum absolute atomic E-state index is 0.112. The van der Waals surface area contributed by atoms with Gasteiger partial charge in [0.1, 0.15) is 6.10 Å². The average molecular weight is 550 g/mol. The van der Waals surface area contributed by atoms with Gasteiger partial charge in [0, 0.05) is 12.1 Å². The maximum Gasteiger partial charge on any atom is 0.488 e. The van der Waals surface area contributed by atoms with Crippen molar-refractivity contribution in [2.45, 2.75) is 111 Å². The zero-order valence-electron chi connectivity index (χ0n) is 25.5. The first-order valence-electron chi connectivity index (χ1n) is 16.1. The first-order valence-corrected chi connectivity index (χ1v) is 16.1. The second-order valence-corrected chi connectivity index (χ2v) is 14.7. The van der Waals surface area contributed by atoms with Crippen LogP contribution in [0.25, 0.3) is 0 Å². The summed E-state index contributed by atoms with van der Waals surface area (Å²) < 4.78 is 5.88. The van der Waals surface area contributed by atoms with E-state index >= 15 is 0 Å². The van der Waals surface area contributed by atoms with Crippen LogP contribution < -0.4 is 10.8 Å². The van der Waals surface area contributed by atoms with Crippen molar-refractivity contribution in [3.05, 3.63) is 35.9 Å². The second kappa shape index (κ2) is 11.8. The maximum atomic E-state index is 12.7. The van der Waals surface area contributed by atoms with Crippen molar-refractivity contribution >= 4 is 24.4 Å². The standard InChI is InChI=1S/C34H52BNO4/c1-22(2)8-6-9-23(3)29-14-15-30-28-13-12-24-20-27(16-18-33(24,4)31(28)17-19-34(29,30)5)40-32(37)36-26-11-7-10-25(21-26)35(38)39/h7,10-12,21-23,27-31,38-39H,6,8-9,13-20H2,1-5H3,(H,36,37)/t23-,27+,28+,29-,30+,31+,33+,34-/m1/s1. The van der Waals surface area contributed by atoms with Gasteiger partial charge in [0.05, 0.1) is 0 Å². The van der Waals surface area contributed by atoms with Crippen LogP contribution in [0.4, 0.5) is 10.5 Å². The molecule has 0 aliphatic heterocycles. The number of carbonyl (C=O) groups is 1. The fourth-order valence-corrected chi connectivity index (χ4v) is 9.83. The molecular formula is C34H52BNO4. The summed E-state index contributed by atoms with van der Waals surface area (Å²) in [4.78, 5) is 12.7. The van der Waals surface area contributed by atoms with Crippen LogP contribution in [-0.2, 0) is 4.74 Å². The zero-order valence-corrected chi connectivity index (χ0v) is 25.5. The molecule has 0 spiro atoms. The van der Waals surface area contributed by atoms with E-state index in [-0.39, 0.29) is 11.5 Å². The monoisotopic (exact) mass is 549 g/mol. The Hall–Kier alpha value is -1.79. The lowest BCUT2D eigenvalue weighted by Crippen LogP contribution is -2.51. The Morgan fingerprint density at radius 1 is 1.07 bits per heavy atom. The molecule has 0 heterocycles. The first-order chi connectivity index (χ1) is 19.0. The summed E-state index contributed by atoms with van der Waals surface area (Å²) in [7, 11) is -1.57. The summed E-state index contributed by atoms with van der Waals surface area (Å²) in [5.74, 6) is 4.94. The number of benzene rings is 1. The summed E-state index contributed by atoms with van der Waals surface area (Å²) in [5.41, 5.74) is 3.09. The van der Waals surface area contributed by atoms with Crippen LogP contribution in [0.5, 0.6) is 0 Å². The zero-order chi connectivity index (χ0) is 28.7. The van der Waals surface area contributed by atoms with Gasteiger partial charge in [-0.15, -0.1) is 0 Å². The molecule has 3 saturated carbocycles. The topological polar surface area (TPSA) is 78.8 Å². The van der Waals surface area contributed by atoms with E-state index in [0.717, 1.165) is 54.8 Å². The Bertz CT molecular complexity index is 1090. The number of hydrogen-bond donors (Lipinski definition) is 3. The van der Waals surface area contributed by atoms with E-state index in [1.165, 1.54) is 56.9 Å². The number of allylic oxidation sites excluding steroid dienone is 1. The molecule has 1 aromatic rings. The summed E-state index contributed by atoms with van der Waals surface area (Å²) in [6.07, 6.45) is 15.7. The molecular weight excluding hydrogens is 497 g/mol. The molecule has 1 aromatic carbocycles. The van der Waals surface area contributed by atoms with Gasteiger partial charge in [-0.1, -0.05) is 77.7 Å². The van der Waals surface area contributed by atoms with Crippen molar-refractivity contribution in [2.24, 2.45) is 46.3 Å². The smallest absolute Gasteiger partial charge is 0.446 e. The van der Waals surface area contributed by atoms with Crippen molar-refractivity contribution in [3.8, 4) is 0 Å². The van der Waals surface area contributed by atoms with Crippen LogP contribution in [0.15, 0.2) is 35.9 Å². The third-order valence-electron chi connectivity index (χ3n) is 12.0. The number of amides is 1. The molecule has 1 amide bonds. The van der Waals surface area contributed by atoms with Gasteiger partial charge in [0.25, 0.3) is 0 Å². The lowest BCUT2D eigenvalue weighted by Gasteiger charge is -2.58. The summed E-state index contributed by atoms with van der Waals surface area (Å²) in [6.45, 7) is 12.4. The molecule has 8 atom stereocenters. The number of anilines is 1. The molecule has 4 aliphatic rings. The Morgan fingerprint density at radius 3 is 2.62 bits per heavy atom. The largest absolute Gasteiger partial charge is 0.488 e. The van der Waals surface area contributed by atoms with Crippen LogP contribution in [-0.4, -0.2) is 29.4 Å². The SMILES string of the molecule is CC(C)CCC[C@@H](C)[C@H]1CC[C@H]2[C@@H]3CC=C4C[C@@H](OC(=O)Nc5cccc(B(O)O)c5)CC[C@]4(C)[C@H]3CC[C@]12C. The summed E-state index contributed by atoms with van der Waals surface area (Å²) in [6, 6.07) is 6.59. The number of nitrogens with one attached hydrogen (secondary N) is 1. The van der Waals surface area contributed by atoms with Crippen LogP contribution in [0.3, 0.4) is 0 Å². The lowest BCUT2D eigenvalue weighted by atomic mass is 9.47. The fraction of sp³-hybridized carbons (Fsp3) is 0.735. The number of rotatable bonds is 8. The first kappa shape index (κ1) is 29.7. The highest BCUT2D eigenvalue weighted by Crippen LogP contribution is 2.67. The van der Waals surface area contributed by atoms with E-state index in [2.05, 4.69) is 46.0 Å². The van der Waals surface area contributed by atoms with Gasteiger partial charge < -0.3 is 14.8 Å². The van der Waals surface area contributed by atoms with Crippen molar-refractivity contribution in [1.82, 2.24) is 0 Å². The average Bonchev–Trinajstić information content (AvgIpc) is 3.26. The molecule has 5 rings (SSSR count). The molecule has 0 radical (unpaired) electrons. The van der Waals surface area contributed by atoms with E-state index < -0.39 is 13.2 Å². The Balaban J connectivity index is 1.21. The quantitative estimate of drug-likeness (QED) is 0.234. The summed E-state index contributed by atoms with van der Waals surface area (Å²) in [5, 5.41) is 21.6. The highest BCUT2D eigenvalue weighted by Gasteiger charge is 2.59. The molecule has 220 valence electrons. The third kappa shape index (κ3) is 5.77. The number of hydrogen-bond acceptors (Lipinski definition) is 4. The molecule has 3 fully saturated rings. The van der Waals surface area contributed by atoms with Gasteiger partial charge in [-0.25, -0.2) is 4.79 Å². The van der Waals surface area contributed by atoms with Crippen molar-refractivity contribution in [1.29, 1.82) is 0 Å². The molecule has 0 saturated heterocycles. The minimum atomic E-state index is -1.57. The van der Waals surface area contributed by atoms with Gasteiger partial charge in [-0.05, 0) is 109 Å². The number of carbonyl (C=O) groups excluding carboxylic acids is 1. The second-order valence-electron chi connectivity index (χ2n) is 14.7. The molecule has 3 N–H and O–H groups in total. The van der Waals surface area contributed by atoms with Crippen LogP contribution in [0, 0.1) is 46.3 Å². The number of fused-ring (bicyclic) bond motifs is 5. The molecule has 4 aliphatic carbocycles. The minimum Gasteiger partial charge on any atom is -0.446 e. The molecule has 6 heteroatoms. The van der Waals surface area contributed by atoms with Crippen LogP contribution >= 0.6 is 0 Å². The van der Waals surface area contributed by atoms with Gasteiger partial charge >= 0.3 is 13.2 Å². The van der Waals surface area contributed by atoms with Crippen molar-refractivity contribution in [3.63, 3.8) is 0 Å². The van der Waals surface area contributed by atoms with Gasteiger partial charge in [0.15, 0.2) is 0 Å². The van der Waals surface area contributed by atoms with Crippen LogP contribution in [0.2, 0.25) is 0 Å². The number of ether oxygens (including phenoxy) is 1. The van der Waals surface area contributed by atoms with E-state index in [1.54, 1.807) is 24.3 Å². The fourth-order valence-electron chi connectivity index (χ4n) is 9.83. The summed E-state index contributed by atoms with van der Waals surface area (Å²) >= 11 is 0. The molecule has 0 aromatic heterocycles.